The minimum absolute atomic E-state index is 0.116. The van der Waals surface area contributed by atoms with Gasteiger partial charge in [0.15, 0.2) is 0 Å². The molecule has 0 aromatic heterocycles. The highest BCUT2D eigenvalue weighted by Gasteiger charge is 2.50. The fourth-order valence-electron chi connectivity index (χ4n) is 6.18. The van der Waals surface area contributed by atoms with Crippen LogP contribution in [-0.4, -0.2) is 35.0 Å². The van der Waals surface area contributed by atoms with Crippen molar-refractivity contribution < 1.29 is 19.7 Å². The lowest BCUT2D eigenvalue weighted by molar-refractivity contribution is -0.155. The SMILES string of the molecule is C=C1[C@H](O)CC(=C/C=C2\CCC[C@]3(C)[C@@H]([C@@H](C)COC(=O)C(C)(C)C)CC[C@@H]23)C[C@H]1O. The van der Waals surface area contributed by atoms with E-state index < -0.39 is 17.6 Å². The van der Waals surface area contributed by atoms with E-state index in [-0.39, 0.29) is 11.4 Å². The number of aliphatic hydroxyl groups excluding tert-OH is 2. The fourth-order valence-corrected chi connectivity index (χ4v) is 6.18. The first kappa shape index (κ1) is 24.3. The van der Waals surface area contributed by atoms with E-state index in [1.165, 1.54) is 31.3 Å². The van der Waals surface area contributed by atoms with E-state index in [2.05, 4.69) is 32.6 Å². The zero-order chi connectivity index (χ0) is 23.0. The topological polar surface area (TPSA) is 66.8 Å². The highest BCUT2D eigenvalue weighted by atomic mass is 16.5. The van der Waals surface area contributed by atoms with Crippen LogP contribution >= 0.6 is 0 Å². The van der Waals surface area contributed by atoms with Crippen LogP contribution < -0.4 is 0 Å². The van der Waals surface area contributed by atoms with Crippen molar-refractivity contribution in [3.8, 4) is 0 Å². The summed E-state index contributed by atoms with van der Waals surface area (Å²) in [7, 11) is 0. The highest BCUT2D eigenvalue weighted by Crippen LogP contribution is 2.59. The average molecular weight is 431 g/mol. The first-order valence-electron chi connectivity index (χ1n) is 12.0. The molecule has 3 rings (SSSR count). The van der Waals surface area contributed by atoms with Crippen LogP contribution in [0.4, 0.5) is 0 Å². The largest absolute Gasteiger partial charge is 0.465 e. The Bertz CT molecular complexity index is 740. The third kappa shape index (κ3) is 5.17. The predicted molar refractivity (Wildman–Crippen MR) is 124 cm³/mol. The normalized spacial score (nSPS) is 36.3. The summed E-state index contributed by atoms with van der Waals surface area (Å²) in [6.07, 6.45) is 10.2. The van der Waals surface area contributed by atoms with Crippen molar-refractivity contribution in [3.05, 3.63) is 35.5 Å². The molecule has 31 heavy (non-hydrogen) atoms. The first-order valence-corrected chi connectivity index (χ1v) is 12.0. The summed E-state index contributed by atoms with van der Waals surface area (Å²) in [6, 6.07) is 0. The third-order valence-electron chi connectivity index (χ3n) is 8.11. The van der Waals surface area contributed by atoms with Gasteiger partial charge in [0.25, 0.3) is 0 Å². The van der Waals surface area contributed by atoms with Crippen LogP contribution in [0, 0.1) is 28.6 Å². The van der Waals surface area contributed by atoms with Gasteiger partial charge in [-0.05, 0) is 94.5 Å². The summed E-state index contributed by atoms with van der Waals surface area (Å²) in [5, 5.41) is 20.3. The maximum atomic E-state index is 12.2. The van der Waals surface area contributed by atoms with Crippen LogP contribution in [0.5, 0.6) is 0 Å². The number of carbonyl (C=O) groups excluding carboxylic acids is 1. The van der Waals surface area contributed by atoms with E-state index >= 15 is 0 Å². The van der Waals surface area contributed by atoms with Gasteiger partial charge >= 0.3 is 5.97 Å². The van der Waals surface area contributed by atoms with Crippen molar-refractivity contribution in [1.29, 1.82) is 0 Å². The van der Waals surface area contributed by atoms with E-state index in [1.54, 1.807) is 0 Å². The van der Waals surface area contributed by atoms with Gasteiger partial charge in [-0.2, -0.15) is 0 Å². The van der Waals surface area contributed by atoms with Crippen molar-refractivity contribution in [2.45, 2.75) is 91.8 Å². The summed E-state index contributed by atoms with van der Waals surface area (Å²) < 4.78 is 5.67. The monoisotopic (exact) mass is 430 g/mol. The summed E-state index contributed by atoms with van der Waals surface area (Å²) in [6.45, 7) is 14.7. The molecule has 4 heteroatoms. The molecule has 0 spiro atoms. The van der Waals surface area contributed by atoms with E-state index in [4.69, 9.17) is 4.74 Å². The number of carbonyl (C=O) groups is 1. The predicted octanol–water partition coefficient (Wildman–Crippen LogP) is 5.35. The second-order valence-corrected chi connectivity index (χ2v) is 11.5. The number of hydrogen-bond donors (Lipinski definition) is 2. The smallest absolute Gasteiger partial charge is 0.311 e. The molecular formula is C27H42O4. The molecule has 0 radical (unpaired) electrons. The Kier molecular flexibility index (Phi) is 7.22. The van der Waals surface area contributed by atoms with E-state index in [0.717, 1.165) is 12.0 Å². The summed E-state index contributed by atoms with van der Waals surface area (Å²) in [5.41, 5.74) is 2.94. The molecule has 0 unspecified atom stereocenters. The van der Waals surface area contributed by atoms with Crippen LogP contribution in [-0.2, 0) is 9.53 Å². The molecule has 0 bridgehead atoms. The average Bonchev–Trinajstić information content (AvgIpc) is 3.05. The maximum Gasteiger partial charge on any atom is 0.311 e. The Morgan fingerprint density at radius 1 is 1.23 bits per heavy atom. The summed E-state index contributed by atoms with van der Waals surface area (Å²) in [5.74, 6) is 1.36. The van der Waals surface area contributed by atoms with Crippen molar-refractivity contribution in [3.63, 3.8) is 0 Å². The van der Waals surface area contributed by atoms with Crippen LogP contribution in [0.25, 0.3) is 0 Å². The summed E-state index contributed by atoms with van der Waals surface area (Å²) >= 11 is 0. The van der Waals surface area contributed by atoms with Crippen LogP contribution in [0.15, 0.2) is 35.5 Å². The van der Waals surface area contributed by atoms with Crippen molar-refractivity contribution in [1.82, 2.24) is 0 Å². The van der Waals surface area contributed by atoms with Gasteiger partial charge in [-0.15, -0.1) is 0 Å². The van der Waals surface area contributed by atoms with E-state index in [1.807, 2.05) is 20.8 Å². The molecule has 3 aliphatic rings. The number of fused-ring (bicyclic) bond motifs is 1. The van der Waals surface area contributed by atoms with Gasteiger partial charge in [0.2, 0.25) is 0 Å². The second kappa shape index (κ2) is 9.23. The minimum Gasteiger partial charge on any atom is -0.465 e. The Morgan fingerprint density at radius 2 is 1.87 bits per heavy atom. The number of hydrogen-bond acceptors (Lipinski definition) is 4. The number of allylic oxidation sites excluding steroid dienone is 3. The molecule has 0 heterocycles. The molecule has 0 aromatic rings. The lowest BCUT2D eigenvalue weighted by Gasteiger charge is -2.44. The third-order valence-corrected chi connectivity index (χ3v) is 8.11. The number of ether oxygens (including phenoxy) is 1. The maximum absolute atomic E-state index is 12.2. The van der Waals surface area contributed by atoms with Gasteiger partial charge in [-0.25, -0.2) is 0 Å². The molecule has 0 amide bonds. The van der Waals surface area contributed by atoms with Crippen molar-refractivity contribution >= 4 is 5.97 Å². The fraction of sp³-hybridized carbons (Fsp3) is 0.741. The lowest BCUT2D eigenvalue weighted by atomic mass is 9.61. The molecule has 174 valence electrons. The van der Waals surface area contributed by atoms with E-state index in [0.29, 0.717) is 42.8 Å². The number of aliphatic hydroxyl groups is 2. The zero-order valence-corrected chi connectivity index (χ0v) is 20.1. The molecule has 2 N–H and O–H groups in total. The molecule has 0 aliphatic heterocycles. The Labute approximate surface area is 188 Å². The van der Waals surface area contributed by atoms with Crippen LogP contribution in [0.3, 0.4) is 0 Å². The second-order valence-electron chi connectivity index (χ2n) is 11.5. The standard InChI is InChI=1S/C27H42O4/c1-17(16-31-25(30)26(3,4)5)21-11-12-22-20(8-7-13-27(21,22)6)10-9-19-14-23(28)18(2)24(29)15-19/h9-10,17,21-24,28-29H,2,7-8,11-16H2,1,3-6H3/b20-10+/t17-,21+,22-,23+,24+,27+/m0/s1. The van der Waals surface area contributed by atoms with Gasteiger partial charge in [-0.1, -0.05) is 43.7 Å². The minimum atomic E-state index is -0.641. The van der Waals surface area contributed by atoms with E-state index in [9.17, 15) is 15.0 Å². The molecule has 6 atom stereocenters. The number of esters is 1. The van der Waals surface area contributed by atoms with Crippen molar-refractivity contribution in [2.75, 3.05) is 6.61 Å². The zero-order valence-electron chi connectivity index (χ0n) is 20.1. The summed E-state index contributed by atoms with van der Waals surface area (Å²) in [4.78, 5) is 12.2. The van der Waals surface area contributed by atoms with Crippen molar-refractivity contribution in [2.24, 2.45) is 28.6 Å². The quantitative estimate of drug-likeness (QED) is 0.466. The highest BCUT2D eigenvalue weighted by molar-refractivity contribution is 5.75. The van der Waals surface area contributed by atoms with Gasteiger partial charge in [0, 0.05) is 0 Å². The van der Waals surface area contributed by atoms with Gasteiger partial charge in [0.1, 0.15) is 0 Å². The Morgan fingerprint density at radius 3 is 2.48 bits per heavy atom. The lowest BCUT2D eigenvalue weighted by Crippen LogP contribution is -2.37. The molecule has 0 aromatic carbocycles. The van der Waals surface area contributed by atoms with Crippen LogP contribution in [0.2, 0.25) is 0 Å². The Hall–Kier alpha value is -1.39. The molecule has 4 nitrogen and oxygen atoms in total. The van der Waals surface area contributed by atoms with Gasteiger partial charge < -0.3 is 14.9 Å². The number of rotatable bonds is 4. The van der Waals surface area contributed by atoms with Gasteiger partial charge in [0.05, 0.1) is 24.2 Å². The molecular weight excluding hydrogens is 388 g/mol. The Balaban J connectivity index is 1.69. The molecule has 3 saturated carbocycles. The van der Waals surface area contributed by atoms with Gasteiger partial charge in [-0.3, -0.25) is 4.79 Å². The van der Waals surface area contributed by atoms with Crippen LogP contribution in [0.1, 0.15) is 79.6 Å². The molecule has 3 aliphatic carbocycles. The molecule has 0 saturated heterocycles. The first-order chi connectivity index (χ1) is 14.4. The molecule has 3 fully saturated rings.